The third-order valence-corrected chi connectivity index (χ3v) is 5.42. The lowest BCUT2D eigenvalue weighted by Gasteiger charge is -2.27. The zero-order valence-corrected chi connectivity index (χ0v) is 16.1. The monoisotopic (exact) mass is 354 g/mol. The molecule has 3 rings (SSSR count). The number of nitrogens with zero attached hydrogens (tertiary/aromatic N) is 2. The first-order valence-corrected chi connectivity index (χ1v) is 9.58. The molecule has 0 spiro atoms. The van der Waals surface area contributed by atoms with Gasteiger partial charge >= 0.3 is 0 Å². The molecule has 0 aliphatic carbocycles. The number of para-hydroxylation sites is 1. The topological polar surface area (TPSA) is 57.3 Å². The number of hydrogen-bond donors (Lipinski definition) is 2. The molecule has 0 bridgehead atoms. The van der Waals surface area contributed by atoms with Crippen molar-refractivity contribution in [2.75, 3.05) is 32.1 Å². The Balaban J connectivity index is 1.65. The van der Waals surface area contributed by atoms with Crippen LogP contribution in [0.4, 0.5) is 5.82 Å². The zero-order chi connectivity index (χ0) is 18.5. The number of aromatic nitrogens is 1. The maximum Gasteiger partial charge on any atom is 0.220 e. The smallest absolute Gasteiger partial charge is 0.220 e. The minimum Gasteiger partial charge on any atom is -0.363 e. The molecular weight excluding hydrogens is 324 g/mol. The molecule has 1 amide bonds. The van der Waals surface area contributed by atoms with E-state index in [-0.39, 0.29) is 5.91 Å². The molecule has 5 nitrogen and oxygen atoms in total. The summed E-state index contributed by atoms with van der Waals surface area (Å²) in [4.78, 5) is 19.1. The summed E-state index contributed by atoms with van der Waals surface area (Å²) in [6.45, 7) is 4.91. The van der Waals surface area contributed by atoms with Crippen LogP contribution in [0.15, 0.2) is 30.3 Å². The van der Waals surface area contributed by atoms with Gasteiger partial charge in [0.25, 0.3) is 0 Å². The first-order valence-electron chi connectivity index (χ1n) is 9.58. The third kappa shape index (κ3) is 4.52. The summed E-state index contributed by atoms with van der Waals surface area (Å²) >= 11 is 0. The number of benzene rings is 1. The fourth-order valence-electron chi connectivity index (χ4n) is 3.75. The highest BCUT2D eigenvalue weighted by Crippen LogP contribution is 2.25. The van der Waals surface area contributed by atoms with Gasteiger partial charge in [-0.3, -0.25) is 4.79 Å². The van der Waals surface area contributed by atoms with Gasteiger partial charge < -0.3 is 15.5 Å². The van der Waals surface area contributed by atoms with E-state index in [9.17, 15) is 4.79 Å². The highest BCUT2D eigenvalue weighted by molar-refractivity contribution is 5.85. The molecule has 1 aliphatic heterocycles. The van der Waals surface area contributed by atoms with Gasteiger partial charge in [0.05, 0.1) is 5.52 Å². The first-order chi connectivity index (χ1) is 12.5. The van der Waals surface area contributed by atoms with Crippen molar-refractivity contribution < 1.29 is 4.79 Å². The van der Waals surface area contributed by atoms with Crippen molar-refractivity contribution in [2.45, 2.75) is 32.7 Å². The van der Waals surface area contributed by atoms with Gasteiger partial charge in [-0.1, -0.05) is 25.1 Å². The zero-order valence-electron chi connectivity index (χ0n) is 16.1. The van der Waals surface area contributed by atoms with Gasteiger partial charge in [0.15, 0.2) is 0 Å². The minimum absolute atomic E-state index is 0.142. The molecule has 2 aromatic rings. The predicted octanol–water partition coefficient (Wildman–Crippen LogP) is 2.94. The standard InChI is InChI=1S/C21H30N4O/c1-15(16-8-10-22-11-9-16)12-21(26)23-14-17-13-20(25(2)3)24-19-7-5-4-6-18(17)19/h4-7,13,15-16,22H,8-12,14H2,1-3H3,(H,23,26). The SMILES string of the molecule is CC(CC(=O)NCc1cc(N(C)C)nc2ccccc12)C1CCNCC1. The van der Waals surface area contributed by atoms with Crippen LogP contribution in [-0.2, 0) is 11.3 Å². The largest absolute Gasteiger partial charge is 0.363 e. The number of fused-ring (bicyclic) bond motifs is 1. The van der Waals surface area contributed by atoms with Gasteiger partial charge in [-0.25, -0.2) is 4.98 Å². The molecule has 26 heavy (non-hydrogen) atoms. The van der Waals surface area contributed by atoms with E-state index in [1.165, 1.54) is 12.8 Å². The van der Waals surface area contributed by atoms with Crippen molar-refractivity contribution in [1.29, 1.82) is 0 Å². The highest BCUT2D eigenvalue weighted by Gasteiger charge is 2.22. The Bertz CT molecular complexity index is 753. The normalized spacial score (nSPS) is 16.4. The number of carbonyl (C=O) groups excluding carboxylic acids is 1. The van der Waals surface area contributed by atoms with Crippen LogP contribution in [0.2, 0.25) is 0 Å². The molecule has 140 valence electrons. The van der Waals surface area contributed by atoms with E-state index in [1.54, 1.807) is 0 Å². The number of hydrogen-bond acceptors (Lipinski definition) is 4. The molecule has 1 unspecified atom stereocenters. The fourth-order valence-corrected chi connectivity index (χ4v) is 3.75. The van der Waals surface area contributed by atoms with Crippen molar-refractivity contribution >= 4 is 22.6 Å². The third-order valence-electron chi connectivity index (χ3n) is 5.42. The van der Waals surface area contributed by atoms with Gasteiger partial charge in [0.2, 0.25) is 5.91 Å². The molecule has 1 aliphatic rings. The lowest BCUT2D eigenvalue weighted by molar-refractivity contribution is -0.122. The van der Waals surface area contributed by atoms with Gasteiger partial charge in [0, 0.05) is 32.4 Å². The Morgan fingerprint density at radius 2 is 2.04 bits per heavy atom. The van der Waals surface area contributed by atoms with Crippen LogP contribution >= 0.6 is 0 Å². The number of nitrogens with one attached hydrogen (secondary N) is 2. The second-order valence-corrected chi connectivity index (χ2v) is 7.60. The van der Waals surface area contributed by atoms with Crippen molar-refractivity contribution in [3.63, 3.8) is 0 Å². The molecular formula is C21H30N4O. The summed E-state index contributed by atoms with van der Waals surface area (Å²) in [5, 5.41) is 7.62. The number of rotatable bonds is 6. The maximum atomic E-state index is 12.5. The van der Waals surface area contributed by atoms with E-state index in [4.69, 9.17) is 0 Å². The summed E-state index contributed by atoms with van der Waals surface area (Å²) in [5.41, 5.74) is 2.08. The number of amides is 1. The van der Waals surface area contributed by atoms with E-state index in [0.717, 1.165) is 35.4 Å². The number of carbonyl (C=O) groups is 1. The van der Waals surface area contributed by atoms with E-state index in [2.05, 4.69) is 34.7 Å². The molecule has 1 fully saturated rings. The predicted molar refractivity (Wildman–Crippen MR) is 107 cm³/mol. The number of piperidine rings is 1. The van der Waals surface area contributed by atoms with E-state index < -0.39 is 0 Å². The van der Waals surface area contributed by atoms with Crippen molar-refractivity contribution in [3.8, 4) is 0 Å². The Morgan fingerprint density at radius 1 is 1.31 bits per heavy atom. The van der Waals surface area contributed by atoms with Crippen LogP contribution in [0.3, 0.4) is 0 Å². The Morgan fingerprint density at radius 3 is 2.77 bits per heavy atom. The van der Waals surface area contributed by atoms with Crippen LogP contribution in [0.1, 0.15) is 31.7 Å². The number of pyridine rings is 1. The minimum atomic E-state index is 0.142. The lowest BCUT2D eigenvalue weighted by atomic mass is 9.84. The van der Waals surface area contributed by atoms with E-state index in [0.29, 0.717) is 24.8 Å². The maximum absolute atomic E-state index is 12.5. The van der Waals surface area contributed by atoms with E-state index in [1.807, 2.05) is 37.2 Å². The van der Waals surface area contributed by atoms with Gasteiger partial charge in [-0.05, 0) is 55.5 Å². The highest BCUT2D eigenvalue weighted by atomic mass is 16.1. The van der Waals surface area contributed by atoms with Crippen molar-refractivity contribution in [3.05, 3.63) is 35.9 Å². The molecule has 1 atom stereocenters. The van der Waals surface area contributed by atoms with Crippen LogP contribution in [-0.4, -0.2) is 38.1 Å². The molecule has 0 radical (unpaired) electrons. The average Bonchev–Trinajstić information content (AvgIpc) is 2.66. The molecule has 5 heteroatoms. The van der Waals surface area contributed by atoms with Crippen LogP contribution in [0.5, 0.6) is 0 Å². The number of anilines is 1. The summed E-state index contributed by atoms with van der Waals surface area (Å²) in [6, 6.07) is 10.2. The summed E-state index contributed by atoms with van der Waals surface area (Å²) in [7, 11) is 3.97. The summed E-state index contributed by atoms with van der Waals surface area (Å²) in [5.74, 6) is 2.15. The molecule has 1 saturated heterocycles. The fraction of sp³-hybridized carbons (Fsp3) is 0.524. The molecule has 2 heterocycles. The second-order valence-electron chi connectivity index (χ2n) is 7.60. The molecule has 2 N–H and O–H groups in total. The van der Waals surface area contributed by atoms with Gasteiger partial charge in [-0.15, -0.1) is 0 Å². The van der Waals surface area contributed by atoms with E-state index >= 15 is 0 Å². The van der Waals surface area contributed by atoms with Crippen molar-refractivity contribution in [2.24, 2.45) is 11.8 Å². The Labute approximate surface area is 156 Å². The summed E-state index contributed by atoms with van der Waals surface area (Å²) in [6.07, 6.45) is 2.96. The van der Waals surface area contributed by atoms with Gasteiger partial charge in [0.1, 0.15) is 5.82 Å². The van der Waals surface area contributed by atoms with Crippen molar-refractivity contribution in [1.82, 2.24) is 15.6 Å². The van der Waals surface area contributed by atoms with Crippen LogP contribution in [0, 0.1) is 11.8 Å². The van der Waals surface area contributed by atoms with Crippen LogP contribution in [0.25, 0.3) is 10.9 Å². The Hall–Kier alpha value is -2.14. The molecule has 1 aromatic carbocycles. The first kappa shape index (κ1) is 18.6. The van der Waals surface area contributed by atoms with Gasteiger partial charge in [-0.2, -0.15) is 0 Å². The second kappa shape index (κ2) is 8.49. The molecule has 1 aromatic heterocycles. The Kier molecular flexibility index (Phi) is 6.09. The lowest BCUT2D eigenvalue weighted by Crippen LogP contribution is -2.33. The molecule has 0 saturated carbocycles. The summed E-state index contributed by atoms with van der Waals surface area (Å²) < 4.78 is 0. The van der Waals surface area contributed by atoms with Crippen LogP contribution < -0.4 is 15.5 Å². The quantitative estimate of drug-likeness (QED) is 0.837. The average molecular weight is 354 g/mol.